The van der Waals surface area contributed by atoms with E-state index in [1.54, 1.807) is 34.1 Å². The van der Waals surface area contributed by atoms with E-state index in [1.807, 2.05) is 38.1 Å². The van der Waals surface area contributed by atoms with Crippen molar-refractivity contribution in [1.29, 1.82) is 0 Å². The van der Waals surface area contributed by atoms with Crippen LogP contribution in [0.3, 0.4) is 0 Å². The molecule has 0 unspecified atom stereocenters. The smallest absolute Gasteiger partial charge is 0.349 e. The fraction of sp³-hybridized carbons (Fsp3) is 0.414. The molecule has 1 aromatic heterocycles. The van der Waals surface area contributed by atoms with E-state index in [-0.39, 0.29) is 5.97 Å². The largest absolute Gasteiger partial charge is 0.497 e. The summed E-state index contributed by atoms with van der Waals surface area (Å²) in [5.41, 5.74) is 3.36. The Morgan fingerprint density at radius 3 is 2.26 bits per heavy atom. The molecule has 0 atom stereocenters. The molecule has 0 amide bonds. The third kappa shape index (κ3) is 7.36. The molecule has 3 aromatic rings. The summed E-state index contributed by atoms with van der Waals surface area (Å²) in [6.45, 7) is 12.0. The first-order chi connectivity index (χ1) is 16.7. The number of hydrogen-bond acceptors (Lipinski definition) is 6. The Morgan fingerprint density at radius 2 is 1.69 bits per heavy atom. The van der Waals surface area contributed by atoms with Gasteiger partial charge < -0.3 is 18.6 Å². The average Bonchev–Trinajstić information content (AvgIpc) is 3.33. The zero-order chi connectivity index (χ0) is 25.4. The summed E-state index contributed by atoms with van der Waals surface area (Å²) in [4.78, 5) is 14.7. The monoisotopic (exact) mass is 479 g/mol. The van der Waals surface area contributed by atoms with Gasteiger partial charge in [-0.15, -0.1) is 0 Å². The number of benzene rings is 2. The topological polar surface area (TPSA) is 61.1 Å². The zero-order valence-electron chi connectivity index (χ0n) is 21.7. The molecule has 0 spiro atoms. The first-order valence-corrected chi connectivity index (χ1v) is 12.1. The Kier molecular flexibility index (Phi) is 8.99. The second kappa shape index (κ2) is 11.9. The fourth-order valence-corrected chi connectivity index (χ4v) is 4.07. The number of methoxy groups -OCH3 is 1. The molecule has 0 aliphatic heterocycles. The van der Waals surface area contributed by atoms with Gasteiger partial charge in [-0.2, -0.15) is 0 Å². The number of hydrogen-bond donors (Lipinski definition) is 0. The molecule has 6 heteroatoms. The van der Waals surface area contributed by atoms with E-state index in [0.717, 1.165) is 54.4 Å². The molecule has 0 bridgehead atoms. The van der Waals surface area contributed by atoms with Gasteiger partial charge in [0, 0.05) is 13.1 Å². The van der Waals surface area contributed by atoms with Crippen LogP contribution in [-0.2, 0) is 29.0 Å². The van der Waals surface area contributed by atoms with Gasteiger partial charge >= 0.3 is 5.97 Å². The maximum Gasteiger partial charge on any atom is 0.349 e. The van der Waals surface area contributed by atoms with Gasteiger partial charge in [-0.3, -0.25) is 4.90 Å². The molecular formula is C29H37NO5. The first kappa shape index (κ1) is 26.4. The highest BCUT2D eigenvalue weighted by molar-refractivity contribution is 5.79. The van der Waals surface area contributed by atoms with E-state index >= 15 is 0 Å². The lowest BCUT2D eigenvalue weighted by molar-refractivity contribution is -0.158. The molecule has 2 aromatic carbocycles. The SMILES string of the molecule is CCOC(=O)C(C)(C)Oc1c(C)cc(CN(CCc2ccc(OC)cc2)Cc2ccco2)cc1C. The van der Waals surface area contributed by atoms with Crippen LogP contribution in [0, 0.1) is 13.8 Å². The minimum Gasteiger partial charge on any atom is -0.497 e. The average molecular weight is 480 g/mol. The van der Waals surface area contributed by atoms with Crippen LogP contribution in [0.5, 0.6) is 11.5 Å². The van der Waals surface area contributed by atoms with Gasteiger partial charge in [0.2, 0.25) is 0 Å². The quantitative estimate of drug-likeness (QED) is 0.303. The predicted molar refractivity (Wildman–Crippen MR) is 137 cm³/mol. The van der Waals surface area contributed by atoms with Crippen molar-refractivity contribution in [3.63, 3.8) is 0 Å². The van der Waals surface area contributed by atoms with Gasteiger partial charge in [-0.1, -0.05) is 24.3 Å². The van der Waals surface area contributed by atoms with Gasteiger partial charge in [0.1, 0.15) is 17.3 Å². The fourth-order valence-electron chi connectivity index (χ4n) is 4.07. The Hall–Kier alpha value is -3.25. The lowest BCUT2D eigenvalue weighted by Crippen LogP contribution is -2.40. The summed E-state index contributed by atoms with van der Waals surface area (Å²) < 4.78 is 22.2. The van der Waals surface area contributed by atoms with E-state index in [1.165, 1.54) is 11.1 Å². The van der Waals surface area contributed by atoms with Gasteiger partial charge in [-0.25, -0.2) is 4.79 Å². The summed E-state index contributed by atoms with van der Waals surface area (Å²) >= 11 is 0. The minimum absolute atomic E-state index is 0.324. The molecule has 3 rings (SSSR count). The Bertz CT molecular complexity index is 1060. The summed E-state index contributed by atoms with van der Waals surface area (Å²) in [6.07, 6.45) is 2.63. The van der Waals surface area contributed by atoms with Crippen LogP contribution in [0.15, 0.2) is 59.2 Å². The number of furan rings is 1. The van der Waals surface area contributed by atoms with Crippen molar-refractivity contribution < 1.29 is 23.4 Å². The number of rotatable bonds is 12. The molecule has 0 radical (unpaired) electrons. The number of ether oxygens (including phenoxy) is 3. The van der Waals surface area contributed by atoms with Crippen LogP contribution < -0.4 is 9.47 Å². The van der Waals surface area contributed by atoms with Crippen LogP contribution in [0.25, 0.3) is 0 Å². The number of nitrogens with zero attached hydrogens (tertiary/aromatic N) is 1. The Morgan fingerprint density at radius 1 is 1.00 bits per heavy atom. The second-order valence-corrected chi connectivity index (χ2v) is 9.28. The molecule has 1 heterocycles. The third-order valence-electron chi connectivity index (χ3n) is 5.89. The standard InChI is InChI=1S/C29H37NO5/c1-7-33-28(31)29(4,5)35-27-21(2)17-24(18-22(27)3)19-30(20-26-9-8-16-34-26)15-14-23-10-12-25(32-6)13-11-23/h8-13,16-18H,7,14-15,19-20H2,1-6H3. The number of aryl methyl sites for hydroxylation is 2. The van der Waals surface area contributed by atoms with Crippen molar-refractivity contribution in [3.05, 3.63) is 82.8 Å². The van der Waals surface area contributed by atoms with Crippen molar-refractivity contribution >= 4 is 5.97 Å². The Balaban J connectivity index is 1.75. The number of esters is 1. The van der Waals surface area contributed by atoms with Crippen LogP contribution in [-0.4, -0.2) is 36.7 Å². The summed E-state index contributed by atoms with van der Waals surface area (Å²) in [5, 5.41) is 0. The maximum atomic E-state index is 12.3. The Labute approximate surface area is 208 Å². The lowest BCUT2D eigenvalue weighted by atomic mass is 10.0. The summed E-state index contributed by atoms with van der Waals surface area (Å²) in [6, 6.07) is 16.4. The van der Waals surface area contributed by atoms with Crippen molar-refractivity contribution in [1.82, 2.24) is 4.90 Å². The highest BCUT2D eigenvalue weighted by Gasteiger charge is 2.32. The highest BCUT2D eigenvalue weighted by atomic mass is 16.6. The van der Waals surface area contributed by atoms with E-state index in [4.69, 9.17) is 18.6 Å². The first-order valence-electron chi connectivity index (χ1n) is 12.1. The van der Waals surface area contributed by atoms with Gasteiger partial charge in [0.05, 0.1) is 26.5 Å². The molecule has 0 aliphatic carbocycles. The number of carbonyl (C=O) groups excluding carboxylic acids is 1. The molecular weight excluding hydrogens is 442 g/mol. The van der Waals surface area contributed by atoms with E-state index in [0.29, 0.717) is 6.61 Å². The van der Waals surface area contributed by atoms with Crippen molar-refractivity contribution in [2.45, 2.75) is 59.7 Å². The zero-order valence-corrected chi connectivity index (χ0v) is 21.7. The minimum atomic E-state index is -1.06. The van der Waals surface area contributed by atoms with Crippen molar-refractivity contribution in [2.24, 2.45) is 0 Å². The molecule has 0 aliphatic rings. The van der Waals surface area contributed by atoms with Crippen LogP contribution in [0.2, 0.25) is 0 Å². The summed E-state index contributed by atoms with van der Waals surface area (Å²) in [5.74, 6) is 2.15. The molecule has 188 valence electrons. The molecule has 0 saturated carbocycles. The van der Waals surface area contributed by atoms with Crippen LogP contribution in [0.1, 0.15) is 48.8 Å². The van der Waals surface area contributed by atoms with E-state index < -0.39 is 5.60 Å². The predicted octanol–water partition coefficient (Wildman–Crippen LogP) is 5.87. The normalized spacial score (nSPS) is 11.5. The molecule has 35 heavy (non-hydrogen) atoms. The van der Waals surface area contributed by atoms with Crippen molar-refractivity contribution in [3.8, 4) is 11.5 Å². The molecule has 0 fully saturated rings. The van der Waals surface area contributed by atoms with Crippen LogP contribution >= 0.6 is 0 Å². The van der Waals surface area contributed by atoms with Crippen molar-refractivity contribution in [2.75, 3.05) is 20.3 Å². The third-order valence-corrected chi connectivity index (χ3v) is 5.89. The molecule has 6 nitrogen and oxygen atoms in total. The van der Waals surface area contributed by atoms with Gasteiger partial charge in [0.25, 0.3) is 0 Å². The second-order valence-electron chi connectivity index (χ2n) is 9.28. The molecule has 0 saturated heterocycles. The number of carbonyl (C=O) groups is 1. The molecule has 0 N–H and O–H groups in total. The maximum absolute atomic E-state index is 12.3. The lowest BCUT2D eigenvalue weighted by Gasteiger charge is -2.27. The van der Waals surface area contributed by atoms with E-state index in [9.17, 15) is 4.79 Å². The highest BCUT2D eigenvalue weighted by Crippen LogP contribution is 2.30. The summed E-state index contributed by atoms with van der Waals surface area (Å²) in [7, 11) is 1.68. The van der Waals surface area contributed by atoms with Crippen LogP contribution in [0.4, 0.5) is 0 Å². The van der Waals surface area contributed by atoms with Gasteiger partial charge in [-0.05, 0) is 87.6 Å². The van der Waals surface area contributed by atoms with E-state index in [2.05, 4.69) is 29.2 Å². The van der Waals surface area contributed by atoms with Gasteiger partial charge in [0.15, 0.2) is 5.60 Å².